The molecule has 0 radical (unpaired) electrons. The fourth-order valence-corrected chi connectivity index (χ4v) is 4.15. The summed E-state index contributed by atoms with van der Waals surface area (Å²) in [6, 6.07) is 11.7. The number of hydrogen-bond acceptors (Lipinski definition) is 4. The number of nitrogens with zero attached hydrogens (tertiary/aromatic N) is 1. The molecule has 0 saturated carbocycles. The Balaban J connectivity index is 1.80. The average molecular weight is 374 g/mol. The van der Waals surface area contributed by atoms with E-state index in [1.54, 1.807) is 48.4 Å². The van der Waals surface area contributed by atoms with Crippen molar-refractivity contribution in [2.45, 2.75) is 31.1 Å². The van der Waals surface area contributed by atoms with E-state index in [9.17, 15) is 13.2 Å². The normalized spacial score (nSPS) is 14.5. The molecule has 1 N–H and O–H groups in total. The van der Waals surface area contributed by atoms with Crippen LogP contribution in [0.15, 0.2) is 47.4 Å². The summed E-state index contributed by atoms with van der Waals surface area (Å²) < 4.78 is 33.1. The molecule has 0 unspecified atom stereocenters. The van der Waals surface area contributed by atoms with Crippen LogP contribution in [0.4, 0.5) is 11.4 Å². The topological polar surface area (TPSA) is 75.7 Å². The summed E-state index contributed by atoms with van der Waals surface area (Å²) in [5, 5.41) is 0. The van der Waals surface area contributed by atoms with E-state index in [2.05, 4.69) is 4.72 Å². The van der Waals surface area contributed by atoms with Gasteiger partial charge in [0.05, 0.1) is 12.0 Å². The predicted octanol–water partition coefficient (Wildman–Crippen LogP) is 3.19. The maximum Gasteiger partial charge on any atom is 0.261 e. The van der Waals surface area contributed by atoms with Crippen LogP contribution in [0.3, 0.4) is 0 Å². The molecule has 0 aliphatic carbocycles. The molecule has 7 heteroatoms. The molecule has 2 aromatic carbocycles. The third-order valence-electron chi connectivity index (χ3n) is 4.45. The maximum absolute atomic E-state index is 12.6. The lowest BCUT2D eigenvalue weighted by Crippen LogP contribution is -2.23. The predicted molar refractivity (Wildman–Crippen MR) is 101 cm³/mol. The SMILES string of the molecule is CCc1cc(S(=O)(=O)Nc2ccc(N3CCCC3=O)cc2)ccc1OC. The van der Waals surface area contributed by atoms with Gasteiger partial charge in [0.25, 0.3) is 10.0 Å². The molecule has 3 rings (SSSR count). The molecule has 2 aromatic rings. The Bertz CT molecular complexity index is 908. The first-order valence-electron chi connectivity index (χ1n) is 8.55. The fourth-order valence-electron chi connectivity index (χ4n) is 3.04. The number of carbonyl (C=O) groups is 1. The largest absolute Gasteiger partial charge is 0.496 e. The van der Waals surface area contributed by atoms with Gasteiger partial charge in [-0.05, 0) is 60.9 Å². The lowest BCUT2D eigenvalue weighted by atomic mass is 10.1. The zero-order valence-electron chi connectivity index (χ0n) is 14.9. The highest BCUT2D eigenvalue weighted by atomic mass is 32.2. The first-order valence-corrected chi connectivity index (χ1v) is 10.0. The van der Waals surface area contributed by atoms with Gasteiger partial charge in [-0.2, -0.15) is 0 Å². The Morgan fingerprint density at radius 1 is 1.15 bits per heavy atom. The molecule has 1 amide bonds. The van der Waals surface area contributed by atoms with E-state index in [0.29, 0.717) is 30.8 Å². The van der Waals surface area contributed by atoms with E-state index >= 15 is 0 Å². The van der Waals surface area contributed by atoms with Gasteiger partial charge in [-0.1, -0.05) is 6.92 Å². The Hall–Kier alpha value is -2.54. The van der Waals surface area contributed by atoms with Crippen molar-refractivity contribution in [3.8, 4) is 5.75 Å². The van der Waals surface area contributed by atoms with Crippen molar-refractivity contribution in [3.05, 3.63) is 48.0 Å². The highest BCUT2D eigenvalue weighted by Gasteiger charge is 2.22. The molecule has 1 aliphatic heterocycles. The van der Waals surface area contributed by atoms with Gasteiger partial charge in [-0.25, -0.2) is 8.42 Å². The Kier molecular flexibility index (Phi) is 5.18. The first-order chi connectivity index (χ1) is 12.4. The number of rotatable bonds is 6. The zero-order valence-corrected chi connectivity index (χ0v) is 15.7. The van der Waals surface area contributed by atoms with Crippen LogP contribution in [0.5, 0.6) is 5.75 Å². The second-order valence-corrected chi connectivity index (χ2v) is 7.81. The van der Waals surface area contributed by atoms with Crippen LogP contribution in [0, 0.1) is 0 Å². The van der Waals surface area contributed by atoms with Gasteiger partial charge in [-0.15, -0.1) is 0 Å². The third kappa shape index (κ3) is 3.67. The highest BCUT2D eigenvalue weighted by molar-refractivity contribution is 7.92. The molecule has 0 spiro atoms. The number of hydrogen-bond donors (Lipinski definition) is 1. The number of carbonyl (C=O) groups excluding carboxylic acids is 1. The maximum atomic E-state index is 12.6. The molecule has 0 aromatic heterocycles. The summed E-state index contributed by atoms with van der Waals surface area (Å²) in [5.74, 6) is 0.773. The molecule has 0 atom stereocenters. The van der Waals surface area contributed by atoms with Crippen LogP contribution in [0.2, 0.25) is 0 Å². The number of benzene rings is 2. The Morgan fingerprint density at radius 3 is 2.46 bits per heavy atom. The number of nitrogens with one attached hydrogen (secondary N) is 1. The van der Waals surface area contributed by atoms with Crippen LogP contribution < -0.4 is 14.4 Å². The summed E-state index contributed by atoms with van der Waals surface area (Å²) in [6.45, 7) is 2.65. The Morgan fingerprint density at radius 2 is 1.88 bits per heavy atom. The number of aryl methyl sites for hydroxylation is 1. The van der Waals surface area contributed by atoms with Crippen molar-refractivity contribution in [1.29, 1.82) is 0 Å². The van der Waals surface area contributed by atoms with Gasteiger partial charge in [0.15, 0.2) is 0 Å². The van der Waals surface area contributed by atoms with E-state index < -0.39 is 10.0 Å². The van der Waals surface area contributed by atoms with Crippen molar-refractivity contribution in [1.82, 2.24) is 0 Å². The molecule has 1 heterocycles. The summed E-state index contributed by atoms with van der Waals surface area (Å²) in [4.78, 5) is 13.7. The average Bonchev–Trinajstić information content (AvgIpc) is 3.07. The van der Waals surface area contributed by atoms with Gasteiger partial charge in [0, 0.05) is 24.3 Å². The zero-order chi connectivity index (χ0) is 18.7. The number of anilines is 2. The van der Waals surface area contributed by atoms with E-state index in [4.69, 9.17) is 4.74 Å². The van der Waals surface area contributed by atoms with Crippen LogP contribution in [0.25, 0.3) is 0 Å². The monoisotopic (exact) mass is 374 g/mol. The summed E-state index contributed by atoms with van der Waals surface area (Å²) in [5.41, 5.74) is 2.07. The van der Waals surface area contributed by atoms with Crippen molar-refractivity contribution >= 4 is 27.3 Å². The number of ether oxygens (including phenoxy) is 1. The molecule has 1 saturated heterocycles. The molecule has 6 nitrogen and oxygen atoms in total. The first kappa shape index (κ1) is 18.3. The van der Waals surface area contributed by atoms with Gasteiger partial charge in [0.2, 0.25) is 5.91 Å². The van der Waals surface area contributed by atoms with Crippen molar-refractivity contribution < 1.29 is 17.9 Å². The summed E-state index contributed by atoms with van der Waals surface area (Å²) in [6.07, 6.45) is 2.08. The van der Waals surface area contributed by atoms with Crippen LogP contribution >= 0.6 is 0 Å². The van der Waals surface area contributed by atoms with E-state index in [1.165, 1.54) is 6.07 Å². The van der Waals surface area contributed by atoms with E-state index in [-0.39, 0.29) is 10.8 Å². The third-order valence-corrected chi connectivity index (χ3v) is 5.83. The minimum Gasteiger partial charge on any atom is -0.496 e. The standard InChI is InChI=1S/C19H22N2O4S/c1-3-14-13-17(10-11-18(14)25-2)26(23,24)20-15-6-8-16(9-7-15)21-12-4-5-19(21)22/h6-11,13,20H,3-5,12H2,1-2H3. The van der Waals surface area contributed by atoms with E-state index in [0.717, 1.165) is 17.7 Å². The van der Waals surface area contributed by atoms with E-state index in [1.807, 2.05) is 6.92 Å². The number of methoxy groups -OCH3 is 1. The molecule has 1 aliphatic rings. The van der Waals surface area contributed by atoms with Crippen LogP contribution in [-0.4, -0.2) is 28.0 Å². The van der Waals surface area contributed by atoms with Crippen molar-refractivity contribution in [2.24, 2.45) is 0 Å². The lowest BCUT2D eigenvalue weighted by molar-refractivity contribution is -0.117. The molecular weight excluding hydrogens is 352 g/mol. The number of amides is 1. The lowest BCUT2D eigenvalue weighted by Gasteiger charge is -2.16. The summed E-state index contributed by atoms with van der Waals surface area (Å²) >= 11 is 0. The minimum atomic E-state index is -3.70. The van der Waals surface area contributed by atoms with Gasteiger partial charge in [0.1, 0.15) is 5.75 Å². The van der Waals surface area contributed by atoms with Crippen LogP contribution in [-0.2, 0) is 21.2 Å². The smallest absolute Gasteiger partial charge is 0.261 e. The van der Waals surface area contributed by atoms with Crippen molar-refractivity contribution in [3.63, 3.8) is 0 Å². The summed E-state index contributed by atoms with van der Waals surface area (Å²) in [7, 11) is -2.14. The highest BCUT2D eigenvalue weighted by Crippen LogP contribution is 2.26. The molecule has 138 valence electrons. The second-order valence-electron chi connectivity index (χ2n) is 6.13. The van der Waals surface area contributed by atoms with Crippen LogP contribution in [0.1, 0.15) is 25.3 Å². The fraction of sp³-hybridized carbons (Fsp3) is 0.316. The molecular formula is C19H22N2O4S. The van der Waals surface area contributed by atoms with Gasteiger partial charge >= 0.3 is 0 Å². The minimum absolute atomic E-state index is 0.101. The number of sulfonamides is 1. The van der Waals surface area contributed by atoms with Crippen molar-refractivity contribution in [2.75, 3.05) is 23.3 Å². The quantitative estimate of drug-likeness (QED) is 0.843. The van der Waals surface area contributed by atoms with Gasteiger partial charge in [-0.3, -0.25) is 9.52 Å². The Labute approximate surface area is 153 Å². The van der Waals surface area contributed by atoms with Gasteiger partial charge < -0.3 is 9.64 Å². The second kappa shape index (κ2) is 7.37. The molecule has 1 fully saturated rings. The molecule has 26 heavy (non-hydrogen) atoms. The molecule has 0 bridgehead atoms.